The van der Waals surface area contributed by atoms with E-state index in [1.54, 1.807) is 48.5 Å². The van der Waals surface area contributed by atoms with Crippen LogP contribution in [0, 0.1) is 0 Å². The van der Waals surface area contributed by atoms with Gasteiger partial charge in [-0.25, -0.2) is 0 Å². The average molecular weight is 326 g/mol. The maximum Gasteiger partial charge on any atom is 0.243 e. The summed E-state index contributed by atoms with van der Waals surface area (Å²) in [4.78, 5) is 24.5. The van der Waals surface area contributed by atoms with Crippen molar-refractivity contribution in [2.75, 3.05) is 0 Å². The van der Waals surface area contributed by atoms with Crippen LogP contribution in [-0.2, 0) is 22.4 Å². The molecule has 1 unspecified atom stereocenters. The van der Waals surface area contributed by atoms with E-state index in [0.29, 0.717) is 12.8 Å². The van der Waals surface area contributed by atoms with Crippen LogP contribution in [0.2, 0.25) is 0 Å². The second-order valence-electron chi connectivity index (χ2n) is 5.86. The molecule has 0 bridgehead atoms. The van der Waals surface area contributed by atoms with E-state index in [2.05, 4.69) is 10.6 Å². The molecular formula is C18H18N2O4. The fraction of sp³-hybridized carbons (Fsp3) is 0.222. The summed E-state index contributed by atoms with van der Waals surface area (Å²) in [5, 5.41) is 24.1. The number of carbonyl (C=O) groups excluding carboxylic acids is 2. The number of hydrogen-bond donors (Lipinski definition) is 4. The largest absolute Gasteiger partial charge is 0.508 e. The Hall–Kier alpha value is -3.02. The van der Waals surface area contributed by atoms with Crippen LogP contribution in [0.25, 0.3) is 0 Å². The molecule has 2 aromatic carbocycles. The Morgan fingerprint density at radius 3 is 1.33 bits per heavy atom. The van der Waals surface area contributed by atoms with Crippen LogP contribution in [0.1, 0.15) is 11.1 Å². The zero-order valence-electron chi connectivity index (χ0n) is 12.9. The third-order valence-electron chi connectivity index (χ3n) is 4.02. The molecule has 6 nitrogen and oxygen atoms in total. The van der Waals surface area contributed by atoms with Gasteiger partial charge in [-0.15, -0.1) is 0 Å². The Morgan fingerprint density at radius 1 is 0.667 bits per heavy atom. The highest BCUT2D eigenvalue weighted by atomic mass is 16.3. The van der Waals surface area contributed by atoms with Crippen molar-refractivity contribution in [2.24, 2.45) is 0 Å². The highest BCUT2D eigenvalue weighted by molar-refractivity contribution is 5.97. The molecule has 0 aromatic heterocycles. The molecule has 0 radical (unpaired) electrons. The van der Waals surface area contributed by atoms with Crippen molar-refractivity contribution in [3.63, 3.8) is 0 Å². The quantitative estimate of drug-likeness (QED) is 0.670. The Labute approximate surface area is 139 Å². The number of aromatic hydroxyl groups is 2. The van der Waals surface area contributed by atoms with Crippen LogP contribution in [0.5, 0.6) is 11.5 Å². The minimum absolute atomic E-state index is 0.157. The Morgan fingerprint density at radius 2 is 1.00 bits per heavy atom. The minimum Gasteiger partial charge on any atom is -0.508 e. The summed E-state index contributed by atoms with van der Waals surface area (Å²) < 4.78 is 0. The van der Waals surface area contributed by atoms with E-state index in [-0.39, 0.29) is 23.3 Å². The summed E-state index contributed by atoms with van der Waals surface area (Å²) in [6.45, 7) is 0. The lowest BCUT2D eigenvalue weighted by atomic mass is 9.98. The van der Waals surface area contributed by atoms with Crippen LogP contribution in [0.4, 0.5) is 0 Å². The van der Waals surface area contributed by atoms with Gasteiger partial charge in [-0.2, -0.15) is 0 Å². The molecule has 1 heterocycles. The first kappa shape index (κ1) is 15.9. The predicted molar refractivity (Wildman–Crippen MR) is 87.5 cm³/mol. The molecule has 0 aliphatic carbocycles. The van der Waals surface area contributed by atoms with E-state index in [1.165, 1.54) is 0 Å². The van der Waals surface area contributed by atoms with Crippen molar-refractivity contribution in [3.05, 3.63) is 59.7 Å². The highest BCUT2D eigenvalue weighted by Gasteiger charge is 2.33. The summed E-state index contributed by atoms with van der Waals surface area (Å²) in [5.74, 6) is -0.146. The number of nitrogens with one attached hydrogen (secondary N) is 2. The molecule has 6 heteroatoms. The Bertz CT molecular complexity index is 675. The molecule has 1 aliphatic heterocycles. The molecule has 124 valence electrons. The fourth-order valence-corrected chi connectivity index (χ4v) is 2.70. The summed E-state index contributed by atoms with van der Waals surface area (Å²) >= 11 is 0. The first-order valence-electron chi connectivity index (χ1n) is 7.68. The molecule has 1 saturated heterocycles. The molecule has 2 aromatic rings. The molecule has 2 amide bonds. The van der Waals surface area contributed by atoms with Crippen LogP contribution < -0.4 is 10.6 Å². The zero-order chi connectivity index (χ0) is 17.1. The predicted octanol–water partition coefficient (Wildman–Crippen LogP) is 0.866. The van der Waals surface area contributed by atoms with Crippen molar-refractivity contribution in [3.8, 4) is 11.5 Å². The third kappa shape index (κ3) is 3.65. The number of rotatable bonds is 4. The van der Waals surface area contributed by atoms with Gasteiger partial charge in [0.25, 0.3) is 0 Å². The molecule has 4 N–H and O–H groups in total. The molecule has 0 saturated carbocycles. The van der Waals surface area contributed by atoms with Gasteiger partial charge in [0.2, 0.25) is 11.8 Å². The molecule has 2 atom stereocenters. The van der Waals surface area contributed by atoms with Crippen molar-refractivity contribution in [2.45, 2.75) is 24.9 Å². The fourth-order valence-electron chi connectivity index (χ4n) is 2.70. The van der Waals surface area contributed by atoms with E-state index < -0.39 is 12.1 Å². The van der Waals surface area contributed by atoms with E-state index in [0.717, 1.165) is 11.1 Å². The highest BCUT2D eigenvalue weighted by Crippen LogP contribution is 2.15. The van der Waals surface area contributed by atoms with Gasteiger partial charge in [-0.05, 0) is 35.4 Å². The average Bonchev–Trinajstić information content (AvgIpc) is 2.56. The van der Waals surface area contributed by atoms with Crippen molar-refractivity contribution >= 4 is 11.8 Å². The van der Waals surface area contributed by atoms with Crippen molar-refractivity contribution in [1.29, 1.82) is 0 Å². The third-order valence-corrected chi connectivity index (χ3v) is 4.02. The van der Waals surface area contributed by atoms with Crippen LogP contribution in [0.3, 0.4) is 0 Å². The number of amides is 2. The smallest absolute Gasteiger partial charge is 0.243 e. The van der Waals surface area contributed by atoms with E-state index in [4.69, 9.17) is 0 Å². The van der Waals surface area contributed by atoms with Crippen LogP contribution in [0.15, 0.2) is 48.5 Å². The Kier molecular flexibility index (Phi) is 4.37. The molecule has 0 spiro atoms. The molecule has 1 aliphatic rings. The topological polar surface area (TPSA) is 98.7 Å². The van der Waals surface area contributed by atoms with Gasteiger partial charge in [0.1, 0.15) is 23.6 Å². The number of piperazine rings is 1. The first-order chi connectivity index (χ1) is 11.5. The standard InChI is InChI=1S/C18H18N2O4/c21-13-5-1-11(2-6-13)9-15-17(23)20-16(18(24)19-15)10-12-3-7-14(22)8-4-12/h1-8,15-16,21-22H,9-10H2,(H,19,24)(H,20,23)/t15-,16?/m0/s1. The number of phenols is 2. The van der Waals surface area contributed by atoms with Gasteiger partial charge in [0.05, 0.1) is 0 Å². The zero-order valence-corrected chi connectivity index (χ0v) is 12.9. The van der Waals surface area contributed by atoms with Gasteiger partial charge in [0, 0.05) is 12.8 Å². The minimum atomic E-state index is -0.627. The second kappa shape index (κ2) is 6.62. The van der Waals surface area contributed by atoms with Gasteiger partial charge in [-0.3, -0.25) is 9.59 Å². The molecule has 1 fully saturated rings. The van der Waals surface area contributed by atoms with E-state index in [9.17, 15) is 19.8 Å². The number of phenolic OH excluding ortho intramolecular Hbond substituents is 2. The Balaban J connectivity index is 1.63. The van der Waals surface area contributed by atoms with E-state index in [1.807, 2.05) is 0 Å². The summed E-state index contributed by atoms with van der Waals surface area (Å²) in [7, 11) is 0. The van der Waals surface area contributed by atoms with Crippen LogP contribution >= 0.6 is 0 Å². The van der Waals surface area contributed by atoms with E-state index >= 15 is 0 Å². The van der Waals surface area contributed by atoms with Gasteiger partial charge < -0.3 is 20.8 Å². The normalized spacial score (nSPS) is 20.3. The number of hydrogen-bond acceptors (Lipinski definition) is 4. The van der Waals surface area contributed by atoms with Crippen molar-refractivity contribution < 1.29 is 19.8 Å². The molecule has 3 rings (SSSR count). The van der Waals surface area contributed by atoms with Crippen molar-refractivity contribution in [1.82, 2.24) is 10.6 Å². The van der Waals surface area contributed by atoms with Gasteiger partial charge >= 0.3 is 0 Å². The monoisotopic (exact) mass is 326 g/mol. The first-order valence-corrected chi connectivity index (χ1v) is 7.68. The maximum atomic E-state index is 12.3. The lowest BCUT2D eigenvalue weighted by Crippen LogP contribution is -2.62. The number of benzene rings is 2. The lowest BCUT2D eigenvalue weighted by molar-refractivity contribution is -0.136. The molecule has 24 heavy (non-hydrogen) atoms. The van der Waals surface area contributed by atoms with Gasteiger partial charge in [-0.1, -0.05) is 24.3 Å². The summed E-state index contributed by atoms with van der Waals surface area (Å²) in [6.07, 6.45) is 0.730. The molecular weight excluding hydrogens is 308 g/mol. The van der Waals surface area contributed by atoms with Crippen LogP contribution in [-0.4, -0.2) is 34.1 Å². The summed E-state index contributed by atoms with van der Waals surface area (Å²) in [6, 6.07) is 11.8. The number of carbonyl (C=O) groups is 2. The maximum absolute atomic E-state index is 12.3. The second-order valence-corrected chi connectivity index (χ2v) is 5.86. The SMILES string of the molecule is O=C1N[C@@H](Cc2ccc(O)cc2)C(=O)NC1Cc1ccc(O)cc1. The van der Waals surface area contributed by atoms with Gasteiger partial charge in [0.15, 0.2) is 0 Å². The summed E-state index contributed by atoms with van der Waals surface area (Å²) in [5.41, 5.74) is 1.70. The lowest BCUT2D eigenvalue weighted by Gasteiger charge is -2.29.